The van der Waals surface area contributed by atoms with Crippen LogP contribution in [-0.4, -0.2) is 37.4 Å². The van der Waals surface area contributed by atoms with E-state index in [1.807, 2.05) is 30.3 Å². The van der Waals surface area contributed by atoms with Gasteiger partial charge in [-0.3, -0.25) is 9.59 Å². The number of benzene rings is 2. The van der Waals surface area contributed by atoms with Crippen LogP contribution < -0.4 is 10.1 Å². The predicted octanol–water partition coefficient (Wildman–Crippen LogP) is 3.67. The largest absolute Gasteiger partial charge is 0.456 e. The lowest BCUT2D eigenvalue weighted by Gasteiger charge is -2.08. The molecule has 0 aromatic heterocycles. The first-order valence-electron chi connectivity index (χ1n) is 8.67. The zero-order valence-corrected chi connectivity index (χ0v) is 15.9. The van der Waals surface area contributed by atoms with Gasteiger partial charge in [0.1, 0.15) is 5.75 Å². The van der Waals surface area contributed by atoms with Crippen LogP contribution in [0.25, 0.3) is 0 Å². The van der Waals surface area contributed by atoms with Crippen molar-refractivity contribution in [1.82, 2.24) is 5.32 Å². The van der Waals surface area contributed by atoms with Crippen molar-refractivity contribution in [1.29, 1.82) is 0 Å². The summed E-state index contributed by atoms with van der Waals surface area (Å²) >= 11 is 1.55. The van der Waals surface area contributed by atoms with Crippen molar-refractivity contribution < 1.29 is 27.8 Å². The van der Waals surface area contributed by atoms with E-state index in [-0.39, 0.29) is 24.7 Å². The highest BCUT2D eigenvalue weighted by Gasteiger charge is 2.08. The molecule has 2 rings (SSSR count). The first kappa shape index (κ1) is 21.7. The van der Waals surface area contributed by atoms with Crippen molar-refractivity contribution in [2.24, 2.45) is 0 Å². The summed E-state index contributed by atoms with van der Waals surface area (Å²) in [5.41, 5.74) is 0.858. The van der Waals surface area contributed by atoms with Crippen LogP contribution in [0, 0.1) is 0 Å². The number of alkyl halides is 2. The fourth-order valence-corrected chi connectivity index (χ4v) is 3.08. The van der Waals surface area contributed by atoms with Crippen LogP contribution in [0.5, 0.6) is 5.75 Å². The van der Waals surface area contributed by atoms with Gasteiger partial charge in [-0.2, -0.15) is 8.78 Å². The molecule has 0 atom stereocenters. The molecule has 1 amide bonds. The van der Waals surface area contributed by atoms with E-state index >= 15 is 0 Å². The first-order valence-corrected chi connectivity index (χ1v) is 9.65. The Morgan fingerprint density at radius 3 is 2.43 bits per heavy atom. The number of rotatable bonds is 11. The fraction of sp³-hybridized carbons (Fsp3) is 0.300. The normalized spacial score (nSPS) is 10.5. The molecule has 0 bridgehead atoms. The molecular weight excluding hydrogens is 388 g/mol. The summed E-state index contributed by atoms with van der Waals surface area (Å²) in [6.45, 7) is -2.84. The number of amides is 1. The molecule has 0 radical (unpaired) electrons. The van der Waals surface area contributed by atoms with E-state index in [1.165, 1.54) is 12.1 Å². The Kier molecular flexibility index (Phi) is 9.27. The minimum atomic E-state index is -2.86. The Morgan fingerprint density at radius 2 is 1.75 bits per heavy atom. The van der Waals surface area contributed by atoms with Crippen molar-refractivity contribution in [3.63, 3.8) is 0 Å². The average molecular weight is 409 g/mol. The molecule has 5 nitrogen and oxygen atoms in total. The number of carbonyl (C=O) groups excluding carboxylic acids is 2. The van der Waals surface area contributed by atoms with Crippen LogP contribution in [0.1, 0.15) is 12.0 Å². The van der Waals surface area contributed by atoms with E-state index in [1.54, 1.807) is 23.9 Å². The summed E-state index contributed by atoms with van der Waals surface area (Å²) in [5, 5.41) is 2.64. The summed E-state index contributed by atoms with van der Waals surface area (Å²) in [5.74, 6) is -0.148. The molecule has 0 fully saturated rings. The van der Waals surface area contributed by atoms with Crippen LogP contribution >= 0.6 is 11.8 Å². The number of hydrogen-bond acceptors (Lipinski definition) is 5. The second-order valence-electron chi connectivity index (χ2n) is 5.69. The van der Waals surface area contributed by atoms with E-state index in [9.17, 15) is 18.4 Å². The lowest BCUT2D eigenvalue weighted by atomic mass is 10.1. The van der Waals surface area contributed by atoms with Crippen molar-refractivity contribution in [3.8, 4) is 5.75 Å². The van der Waals surface area contributed by atoms with Gasteiger partial charge < -0.3 is 14.8 Å². The zero-order valence-electron chi connectivity index (χ0n) is 15.1. The van der Waals surface area contributed by atoms with E-state index in [0.717, 1.165) is 10.5 Å². The Labute approximate surface area is 166 Å². The maximum absolute atomic E-state index is 12.1. The Bertz CT molecular complexity index is 742. The monoisotopic (exact) mass is 409 g/mol. The van der Waals surface area contributed by atoms with Crippen molar-refractivity contribution >= 4 is 23.6 Å². The van der Waals surface area contributed by atoms with Gasteiger partial charge in [0.15, 0.2) is 6.61 Å². The number of thioether (sulfide) groups is 1. The molecule has 150 valence electrons. The van der Waals surface area contributed by atoms with Gasteiger partial charge >= 0.3 is 12.6 Å². The standard InChI is InChI=1S/C20H21F2NO4S/c21-20(22)27-16-8-6-15(7-9-16)10-12-23-18(24)14-26-19(25)11-13-28-17-4-2-1-3-5-17/h1-9,20H,10-14H2,(H,23,24). The first-order chi connectivity index (χ1) is 13.5. The summed E-state index contributed by atoms with van der Waals surface area (Å²) in [6.07, 6.45) is 0.738. The van der Waals surface area contributed by atoms with Crippen molar-refractivity contribution in [2.75, 3.05) is 18.9 Å². The number of hydrogen-bond donors (Lipinski definition) is 1. The van der Waals surface area contributed by atoms with Crippen LogP contribution in [0.2, 0.25) is 0 Å². The van der Waals surface area contributed by atoms with Gasteiger partial charge in [0.2, 0.25) is 0 Å². The predicted molar refractivity (Wildman–Crippen MR) is 103 cm³/mol. The van der Waals surface area contributed by atoms with E-state index in [0.29, 0.717) is 18.7 Å². The van der Waals surface area contributed by atoms with Gasteiger partial charge in [-0.25, -0.2) is 0 Å². The quantitative estimate of drug-likeness (QED) is 0.453. The molecule has 28 heavy (non-hydrogen) atoms. The molecule has 0 unspecified atom stereocenters. The smallest absolute Gasteiger partial charge is 0.387 e. The number of esters is 1. The topological polar surface area (TPSA) is 64.6 Å². The SMILES string of the molecule is O=C(COC(=O)CCSc1ccccc1)NCCc1ccc(OC(F)F)cc1. The van der Waals surface area contributed by atoms with E-state index in [4.69, 9.17) is 4.74 Å². The molecule has 2 aromatic carbocycles. The third-order valence-corrected chi connectivity index (χ3v) is 4.58. The molecule has 0 saturated heterocycles. The van der Waals surface area contributed by atoms with Gasteiger partial charge in [0.25, 0.3) is 5.91 Å². The maximum atomic E-state index is 12.1. The Hall–Kier alpha value is -2.61. The average Bonchev–Trinajstić information content (AvgIpc) is 2.68. The molecule has 8 heteroatoms. The van der Waals surface area contributed by atoms with Gasteiger partial charge in [0.05, 0.1) is 6.42 Å². The zero-order chi connectivity index (χ0) is 20.2. The summed E-state index contributed by atoms with van der Waals surface area (Å²) < 4.78 is 33.4. The maximum Gasteiger partial charge on any atom is 0.387 e. The number of carbonyl (C=O) groups is 2. The molecule has 0 saturated carbocycles. The highest BCUT2D eigenvalue weighted by atomic mass is 32.2. The highest BCUT2D eigenvalue weighted by molar-refractivity contribution is 7.99. The number of ether oxygens (including phenoxy) is 2. The summed E-state index contributed by atoms with van der Waals surface area (Å²) in [4.78, 5) is 24.4. The summed E-state index contributed by atoms with van der Waals surface area (Å²) in [7, 11) is 0. The lowest BCUT2D eigenvalue weighted by molar-refractivity contribution is -0.148. The molecule has 0 aliphatic rings. The second-order valence-corrected chi connectivity index (χ2v) is 6.86. The van der Waals surface area contributed by atoms with Crippen LogP contribution in [0.4, 0.5) is 8.78 Å². The molecular formula is C20H21F2NO4S. The fourth-order valence-electron chi connectivity index (χ4n) is 2.22. The Balaban J connectivity index is 1.56. The molecule has 0 aliphatic heterocycles. The van der Waals surface area contributed by atoms with Gasteiger partial charge in [-0.1, -0.05) is 30.3 Å². The van der Waals surface area contributed by atoms with Crippen molar-refractivity contribution in [2.45, 2.75) is 24.3 Å². The molecule has 1 N–H and O–H groups in total. The third-order valence-electron chi connectivity index (χ3n) is 3.57. The van der Waals surface area contributed by atoms with Gasteiger partial charge in [0, 0.05) is 17.2 Å². The minimum Gasteiger partial charge on any atom is -0.456 e. The van der Waals surface area contributed by atoms with Crippen LogP contribution in [0.15, 0.2) is 59.5 Å². The highest BCUT2D eigenvalue weighted by Crippen LogP contribution is 2.18. The van der Waals surface area contributed by atoms with Crippen molar-refractivity contribution in [3.05, 3.63) is 60.2 Å². The van der Waals surface area contributed by atoms with E-state index in [2.05, 4.69) is 10.1 Å². The lowest BCUT2D eigenvalue weighted by Crippen LogP contribution is -2.30. The summed E-state index contributed by atoms with van der Waals surface area (Å²) in [6, 6.07) is 15.9. The minimum absolute atomic E-state index is 0.0834. The molecule has 0 heterocycles. The molecule has 0 spiro atoms. The second kappa shape index (κ2) is 12.0. The van der Waals surface area contributed by atoms with Crippen LogP contribution in [-0.2, 0) is 20.7 Å². The van der Waals surface area contributed by atoms with Gasteiger partial charge in [-0.05, 0) is 36.2 Å². The molecule has 0 aliphatic carbocycles. The molecule has 2 aromatic rings. The number of nitrogens with one attached hydrogen (secondary N) is 1. The van der Waals surface area contributed by atoms with Crippen LogP contribution in [0.3, 0.4) is 0 Å². The van der Waals surface area contributed by atoms with E-state index < -0.39 is 12.6 Å². The third kappa shape index (κ3) is 8.85. The number of halogens is 2. The Morgan fingerprint density at radius 1 is 1.04 bits per heavy atom. The van der Waals surface area contributed by atoms with Gasteiger partial charge in [-0.15, -0.1) is 11.8 Å².